The van der Waals surface area contributed by atoms with Gasteiger partial charge in [0.25, 0.3) is 5.91 Å². The third-order valence-electron chi connectivity index (χ3n) is 5.61. The zero-order chi connectivity index (χ0) is 24.1. The van der Waals surface area contributed by atoms with Crippen molar-refractivity contribution < 1.29 is 9.53 Å². The Balaban J connectivity index is 1.37. The number of hydrogen-bond donors (Lipinski definition) is 1. The van der Waals surface area contributed by atoms with Crippen molar-refractivity contribution >= 4 is 11.6 Å². The first-order valence-electron chi connectivity index (χ1n) is 11.3. The Bertz CT molecular complexity index is 1240. The third-order valence-corrected chi connectivity index (χ3v) is 5.61. The van der Waals surface area contributed by atoms with Gasteiger partial charge in [-0.25, -0.2) is 4.68 Å². The summed E-state index contributed by atoms with van der Waals surface area (Å²) in [5.41, 5.74) is 4.27. The summed E-state index contributed by atoms with van der Waals surface area (Å²) < 4.78 is 9.45. The largest absolute Gasteiger partial charge is 0.486 e. The van der Waals surface area contributed by atoms with Crippen molar-refractivity contribution in [2.45, 2.75) is 53.3 Å². The number of aromatic nitrogens is 6. The van der Waals surface area contributed by atoms with E-state index in [-0.39, 0.29) is 18.6 Å². The molecule has 2 aromatic heterocycles. The van der Waals surface area contributed by atoms with Gasteiger partial charge in [0.1, 0.15) is 12.4 Å². The molecule has 2 aromatic carbocycles. The highest BCUT2D eigenvalue weighted by Crippen LogP contribution is 2.22. The van der Waals surface area contributed by atoms with Crippen LogP contribution >= 0.6 is 0 Å². The number of carbonyl (C=O) groups is 1. The zero-order valence-corrected chi connectivity index (χ0v) is 19.9. The van der Waals surface area contributed by atoms with Gasteiger partial charge in [-0.3, -0.25) is 9.48 Å². The highest BCUT2D eigenvalue weighted by molar-refractivity contribution is 6.04. The van der Waals surface area contributed by atoms with Crippen LogP contribution in [-0.2, 0) is 19.6 Å². The monoisotopic (exact) mass is 459 g/mol. The Morgan fingerprint density at radius 2 is 1.79 bits per heavy atom. The summed E-state index contributed by atoms with van der Waals surface area (Å²) in [6, 6.07) is 17.4. The van der Waals surface area contributed by atoms with E-state index >= 15 is 0 Å². The molecule has 0 aliphatic heterocycles. The predicted molar refractivity (Wildman–Crippen MR) is 129 cm³/mol. The molecule has 0 atom stereocenters. The summed E-state index contributed by atoms with van der Waals surface area (Å²) in [6.07, 6.45) is 0.876. The topological polar surface area (TPSA) is 99.8 Å². The molecule has 1 N–H and O–H groups in total. The fourth-order valence-corrected chi connectivity index (χ4v) is 3.72. The Morgan fingerprint density at radius 1 is 1.06 bits per heavy atom. The van der Waals surface area contributed by atoms with Crippen molar-refractivity contribution in [3.8, 4) is 5.75 Å². The van der Waals surface area contributed by atoms with Gasteiger partial charge < -0.3 is 10.1 Å². The van der Waals surface area contributed by atoms with E-state index in [1.807, 2.05) is 50.6 Å². The summed E-state index contributed by atoms with van der Waals surface area (Å²) in [6.45, 7) is 8.88. The minimum Gasteiger partial charge on any atom is -0.486 e. The van der Waals surface area contributed by atoms with Crippen molar-refractivity contribution in [2.75, 3.05) is 5.32 Å². The second-order valence-electron chi connectivity index (χ2n) is 8.41. The number of ether oxygens (including phenoxy) is 1. The molecule has 0 spiro atoms. The quantitative estimate of drug-likeness (QED) is 0.404. The van der Waals surface area contributed by atoms with E-state index in [0.29, 0.717) is 17.1 Å². The molecule has 176 valence electrons. The molecule has 0 bridgehead atoms. The van der Waals surface area contributed by atoms with Crippen molar-refractivity contribution in [1.82, 2.24) is 30.0 Å². The lowest BCUT2D eigenvalue weighted by molar-refractivity contribution is 0.102. The number of amides is 1. The predicted octanol–water partition coefficient (Wildman–Crippen LogP) is 4.14. The average Bonchev–Trinajstić information content (AvgIpc) is 3.42. The average molecular weight is 460 g/mol. The van der Waals surface area contributed by atoms with Gasteiger partial charge in [-0.1, -0.05) is 30.3 Å². The second kappa shape index (κ2) is 10.3. The molecule has 0 radical (unpaired) electrons. The normalized spacial score (nSPS) is 11.1. The number of nitrogens with zero attached hydrogens (tertiary/aromatic N) is 6. The van der Waals surface area contributed by atoms with Gasteiger partial charge in [0.05, 0.1) is 23.1 Å². The number of anilines is 1. The lowest BCUT2D eigenvalue weighted by atomic mass is 10.1. The van der Waals surface area contributed by atoms with E-state index in [1.54, 1.807) is 28.9 Å². The van der Waals surface area contributed by atoms with E-state index in [9.17, 15) is 4.79 Å². The second-order valence-corrected chi connectivity index (χ2v) is 8.41. The summed E-state index contributed by atoms with van der Waals surface area (Å²) in [5.74, 6) is 1.09. The first-order chi connectivity index (χ1) is 16.4. The molecule has 0 fully saturated rings. The van der Waals surface area contributed by atoms with Gasteiger partial charge in [0.15, 0.2) is 5.82 Å². The highest BCUT2D eigenvalue weighted by Gasteiger charge is 2.16. The number of tetrazole rings is 1. The van der Waals surface area contributed by atoms with Gasteiger partial charge >= 0.3 is 0 Å². The number of nitrogens with one attached hydrogen (secondary N) is 1. The van der Waals surface area contributed by atoms with Crippen LogP contribution in [0.5, 0.6) is 5.75 Å². The maximum atomic E-state index is 12.9. The van der Waals surface area contributed by atoms with Crippen molar-refractivity contribution in [3.05, 3.63) is 82.9 Å². The fraction of sp³-hybridized carbons (Fsp3) is 0.320. The van der Waals surface area contributed by atoms with Crippen LogP contribution in [0.2, 0.25) is 0 Å². The minimum atomic E-state index is -0.191. The molecular weight excluding hydrogens is 430 g/mol. The lowest BCUT2D eigenvalue weighted by Gasteiger charge is -2.10. The molecule has 0 saturated heterocycles. The number of carbonyl (C=O) groups excluding carboxylic acids is 1. The van der Waals surface area contributed by atoms with Crippen LogP contribution in [-0.4, -0.2) is 35.9 Å². The molecule has 1 amide bonds. The van der Waals surface area contributed by atoms with E-state index in [1.165, 1.54) is 5.56 Å². The van der Waals surface area contributed by atoms with Crippen LogP contribution in [0.15, 0.2) is 54.6 Å². The van der Waals surface area contributed by atoms with Gasteiger partial charge in [-0.05, 0) is 74.4 Å². The SMILES string of the molecule is Cc1nn(CCc2ccccc2)c(C)c1NC(=O)c1ccc(OCc2nnnn2C(C)C)cc1. The minimum absolute atomic E-state index is 0.147. The number of aryl methyl sites for hydroxylation is 3. The number of rotatable bonds is 9. The summed E-state index contributed by atoms with van der Waals surface area (Å²) in [7, 11) is 0. The first kappa shape index (κ1) is 23.2. The molecule has 0 saturated carbocycles. The fourth-order valence-electron chi connectivity index (χ4n) is 3.72. The summed E-state index contributed by atoms with van der Waals surface area (Å²) in [4.78, 5) is 12.9. The third kappa shape index (κ3) is 5.31. The number of benzene rings is 2. The molecule has 9 heteroatoms. The van der Waals surface area contributed by atoms with Crippen LogP contribution in [0.4, 0.5) is 5.69 Å². The van der Waals surface area contributed by atoms with E-state index in [0.717, 1.165) is 30.0 Å². The Labute approximate surface area is 198 Å². The summed E-state index contributed by atoms with van der Waals surface area (Å²) in [5, 5.41) is 19.3. The Kier molecular flexibility index (Phi) is 7.01. The maximum Gasteiger partial charge on any atom is 0.255 e. The van der Waals surface area contributed by atoms with Gasteiger partial charge in [-0.2, -0.15) is 5.10 Å². The molecular formula is C25H29N7O2. The van der Waals surface area contributed by atoms with Crippen LogP contribution in [0.3, 0.4) is 0 Å². The smallest absolute Gasteiger partial charge is 0.255 e. The van der Waals surface area contributed by atoms with Gasteiger partial charge in [-0.15, -0.1) is 5.10 Å². The molecule has 0 aliphatic rings. The molecule has 34 heavy (non-hydrogen) atoms. The first-order valence-corrected chi connectivity index (χ1v) is 11.3. The molecule has 4 rings (SSSR count). The zero-order valence-electron chi connectivity index (χ0n) is 19.9. The van der Waals surface area contributed by atoms with Gasteiger partial charge in [0, 0.05) is 12.1 Å². The van der Waals surface area contributed by atoms with Crippen LogP contribution < -0.4 is 10.1 Å². The maximum absolute atomic E-state index is 12.9. The van der Waals surface area contributed by atoms with E-state index < -0.39 is 0 Å². The number of hydrogen-bond acceptors (Lipinski definition) is 6. The van der Waals surface area contributed by atoms with Crippen molar-refractivity contribution in [3.63, 3.8) is 0 Å². The van der Waals surface area contributed by atoms with Gasteiger partial charge in [0.2, 0.25) is 0 Å². The van der Waals surface area contributed by atoms with Crippen molar-refractivity contribution in [2.24, 2.45) is 0 Å². The summed E-state index contributed by atoms with van der Waals surface area (Å²) >= 11 is 0. The lowest BCUT2D eigenvalue weighted by Crippen LogP contribution is -2.13. The standard InChI is InChI=1S/C25H29N7O2/c1-17(2)32-23(27-29-30-32)16-34-22-12-10-21(11-13-22)25(33)26-24-18(3)28-31(19(24)4)15-14-20-8-6-5-7-9-20/h5-13,17H,14-16H2,1-4H3,(H,26,33). The Hall–Kier alpha value is -4.01. The molecule has 9 nitrogen and oxygen atoms in total. The molecule has 0 aliphatic carbocycles. The highest BCUT2D eigenvalue weighted by atomic mass is 16.5. The Morgan fingerprint density at radius 3 is 2.50 bits per heavy atom. The molecule has 4 aromatic rings. The van der Waals surface area contributed by atoms with Crippen LogP contribution in [0.25, 0.3) is 0 Å². The van der Waals surface area contributed by atoms with E-state index in [4.69, 9.17) is 4.74 Å². The van der Waals surface area contributed by atoms with Crippen LogP contribution in [0.1, 0.15) is 53.0 Å². The van der Waals surface area contributed by atoms with E-state index in [2.05, 4.69) is 38.1 Å². The van der Waals surface area contributed by atoms with Crippen LogP contribution in [0, 0.1) is 13.8 Å². The molecule has 2 heterocycles. The van der Waals surface area contributed by atoms with Crippen molar-refractivity contribution in [1.29, 1.82) is 0 Å². The molecule has 0 unspecified atom stereocenters.